The molecule has 2 amide bonds. The van der Waals surface area contributed by atoms with Crippen LogP contribution >= 0.6 is 0 Å². The van der Waals surface area contributed by atoms with E-state index in [-0.39, 0.29) is 36.9 Å². The molecule has 1 aliphatic heterocycles. The van der Waals surface area contributed by atoms with Crippen LogP contribution in [-0.4, -0.2) is 53.6 Å². The van der Waals surface area contributed by atoms with Crippen LogP contribution in [-0.2, 0) is 19.1 Å². The molecule has 2 aliphatic rings. The normalized spacial score (nSPS) is 26.3. The number of hydrogen-bond donors (Lipinski definition) is 2. The molecule has 1 saturated heterocycles. The Bertz CT molecular complexity index is 887. The quantitative estimate of drug-likeness (QED) is 0.268. The smallest absolute Gasteiger partial charge is 0.310 e. The van der Waals surface area contributed by atoms with Gasteiger partial charge in [-0.25, -0.2) is 0 Å². The Labute approximate surface area is 208 Å². The monoisotopic (exact) mass is 484 g/mol. The molecule has 6 atom stereocenters. The van der Waals surface area contributed by atoms with Crippen molar-refractivity contribution in [1.82, 2.24) is 10.2 Å². The van der Waals surface area contributed by atoms with E-state index in [1.165, 1.54) is 4.90 Å². The van der Waals surface area contributed by atoms with Gasteiger partial charge in [0.2, 0.25) is 11.8 Å². The van der Waals surface area contributed by atoms with Crippen molar-refractivity contribution in [2.75, 3.05) is 19.8 Å². The molecule has 0 bridgehead atoms. The van der Waals surface area contributed by atoms with Gasteiger partial charge in [-0.05, 0) is 31.2 Å². The lowest BCUT2D eigenvalue weighted by molar-refractivity contribution is -0.156. The minimum atomic E-state index is -0.803. The van der Waals surface area contributed by atoms with Crippen LogP contribution in [0.4, 0.5) is 0 Å². The molecular formula is C28H40N2O5. The molecule has 7 heteroatoms. The molecule has 3 rings (SSSR count). The van der Waals surface area contributed by atoms with Gasteiger partial charge < -0.3 is 20.1 Å². The fourth-order valence-corrected chi connectivity index (χ4v) is 5.67. The van der Waals surface area contributed by atoms with E-state index in [0.717, 1.165) is 37.7 Å². The first-order valence-electron chi connectivity index (χ1n) is 13.1. The number of likely N-dealkylation sites (tertiary alicyclic amines) is 1. The van der Waals surface area contributed by atoms with Crippen LogP contribution in [0.5, 0.6) is 0 Å². The molecule has 1 heterocycles. The minimum Gasteiger partial charge on any atom is -0.466 e. The molecule has 2 N–H and O–H groups in total. The van der Waals surface area contributed by atoms with E-state index in [1.54, 1.807) is 6.92 Å². The Kier molecular flexibility index (Phi) is 9.90. The van der Waals surface area contributed by atoms with Gasteiger partial charge in [-0.1, -0.05) is 75.6 Å². The van der Waals surface area contributed by atoms with Gasteiger partial charge in [0.25, 0.3) is 0 Å². The number of aliphatic hydroxyl groups is 1. The summed E-state index contributed by atoms with van der Waals surface area (Å²) in [4.78, 5) is 42.3. The summed E-state index contributed by atoms with van der Waals surface area (Å²) in [5.41, 5.74) is 0.757. The highest BCUT2D eigenvalue weighted by Gasteiger charge is 2.59. The molecule has 7 nitrogen and oxygen atoms in total. The van der Waals surface area contributed by atoms with E-state index in [1.807, 2.05) is 42.5 Å². The number of amides is 2. The molecule has 1 aromatic carbocycles. The minimum absolute atomic E-state index is 0.123. The van der Waals surface area contributed by atoms with E-state index in [0.29, 0.717) is 6.54 Å². The zero-order chi connectivity index (χ0) is 25.4. The molecule has 0 unspecified atom stereocenters. The molecule has 192 valence electrons. The third kappa shape index (κ3) is 5.77. The van der Waals surface area contributed by atoms with Gasteiger partial charge in [0.15, 0.2) is 0 Å². The summed E-state index contributed by atoms with van der Waals surface area (Å²) in [6.07, 6.45) is 8.48. The predicted molar refractivity (Wildman–Crippen MR) is 134 cm³/mol. The van der Waals surface area contributed by atoms with Crippen LogP contribution in [0.2, 0.25) is 0 Å². The van der Waals surface area contributed by atoms with Gasteiger partial charge >= 0.3 is 5.97 Å². The average molecular weight is 485 g/mol. The largest absolute Gasteiger partial charge is 0.466 e. The second-order valence-electron chi connectivity index (χ2n) is 9.52. The van der Waals surface area contributed by atoms with Crippen molar-refractivity contribution >= 4 is 17.8 Å². The van der Waals surface area contributed by atoms with Crippen molar-refractivity contribution in [3.8, 4) is 0 Å². The van der Waals surface area contributed by atoms with Gasteiger partial charge in [-0.15, -0.1) is 0 Å². The topological polar surface area (TPSA) is 95.9 Å². The van der Waals surface area contributed by atoms with Crippen molar-refractivity contribution < 1.29 is 24.2 Å². The maximum atomic E-state index is 14.1. The van der Waals surface area contributed by atoms with E-state index in [4.69, 9.17) is 4.74 Å². The van der Waals surface area contributed by atoms with Gasteiger partial charge in [-0.2, -0.15) is 0 Å². The lowest BCUT2D eigenvalue weighted by Gasteiger charge is -2.34. The third-order valence-corrected chi connectivity index (χ3v) is 7.27. The van der Waals surface area contributed by atoms with Gasteiger partial charge in [-0.3, -0.25) is 14.4 Å². The number of unbranched alkanes of at least 4 members (excludes halogenated alkanes) is 2. The third-order valence-electron chi connectivity index (χ3n) is 7.27. The Balaban J connectivity index is 2.03. The van der Waals surface area contributed by atoms with Crippen molar-refractivity contribution in [3.05, 3.63) is 48.0 Å². The highest BCUT2D eigenvalue weighted by atomic mass is 16.5. The number of fused-ring (bicyclic) bond motifs is 1. The van der Waals surface area contributed by atoms with Crippen molar-refractivity contribution in [1.29, 1.82) is 0 Å². The first kappa shape index (κ1) is 26.9. The Morgan fingerprint density at radius 1 is 1.09 bits per heavy atom. The van der Waals surface area contributed by atoms with Crippen LogP contribution in [0.25, 0.3) is 0 Å². The second-order valence-corrected chi connectivity index (χ2v) is 9.52. The summed E-state index contributed by atoms with van der Waals surface area (Å²) in [5.74, 6) is -2.82. The van der Waals surface area contributed by atoms with Crippen molar-refractivity contribution in [2.45, 2.75) is 65.0 Å². The predicted octanol–water partition coefficient (Wildman–Crippen LogP) is 3.64. The first-order chi connectivity index (χ1) is 17.0. The van der Waals surface area contributed by atoms with Crippen LogP contribution in [0, 0.1) is 23.7 Å². The number of esters is 1. The van der Waals surface area contributed by atoms with Gasteiger partial charge in [0, 0.05) is 12.5 Å². The fourth-order valence-electron chi connectivity index (χ4n) is 5.67. The first-order valence-corrected chi connectivity index (χ1v) is 13.1. The zero-order valence-electron chi connectivity index (χ0n) is 21.2. The molecule has 0 aromatic heterocycles. The SMILES string of the molecule is CCCCCNC(=O)[C@@H]1[C@H]2C=C[C@@H](CCC)[C@@H](C(=O)OCC)[C@@H]2C(=O)N1[C@H](CO)c1ccccc1. The number of carbonyl (C=O) groups excluding carboxylic acids is 3. The summed E-state index contributed by atoms with van der Waals surface area (Å²) in [6.45, 7) is 6.36. The van der Waals surface area contributed by atoms with E-state index in [9.17, 15) is 19.5 Å². The molecule has 1 fully saturated rings. The van der Waals surface area contributed by atoms with E-state index >= 15 is 0 Å². The van der Waals surface area contributed by atoms with Crippen LogP contribution in [0.1, 0.15) is 64.5 Å². The number of carbonyl (C=O) groups is 3. The molecular weight excluding hydrogens is 444 g/mol. The van der Waals surface area contributed by atoms with E-state index in [2.05, 4.69) is 19.2 Å². The summed E-state index contributed by atoms with van der Waals surface area (Å²) >= 11 is 0. The highest BCUT2D eigenvalue weighted by Crippen LogP contribution is 2.48. The maximum absolute atomic E-state index is 14.1. The molecule has 0 saturated carbocycles. The Hall–Kier alpha value is -2.67. The lowest BCUT2D eigenvalue weighted by Crippen LogP contribution is -2.49. The zero-order valence-corrected chi connectivity index (χ0v) is 21.2. The summed E-state index contributed by atoms with van der Waals surface area (Å²) < 4.78 is 5.42. The van der Waals surface area contributed by atoms with E-state index < -0.39 is 29.8 Å². The fraction of sp³-hybridized carbons (Fsp3) is 0.607. The lowest BCUT2D eigenvalue weighted by atomic mass is 9.69. The number of benzene rings is 1. The maximum Gasteiger partial charge on any atom is 0.310 e. The number of allylic oxidation sites excluding steroid dienone is 1. The molecule has 0 radical (unpaired) electrons. The van der Waals surface area contributed by atoms with Crippen LogP contribution < -0.4 is 5.32 Å². The Morgan fingerprint density at radius 3 is 2.46 bits per heavy atom. The summed E-state index contributed by atoms with van der Waals surface area (Å²) in [6, 6.07) is 7.80. The average Bonchev–Trinajstić information content (AvgIpc) is 3.15. The number of rotatable bonds is 12. The number of nitrogens with one attached hydrogen (secondary N) is 1. The number of ether oxygens (including phenoxy) is 1. The van der Waals surface area contributed by atoms with Gasteiger partial charge in [0.1, 0.15) is 6.04 Å². The van der Waals surface area contributed by atoms with Gasteiger partial charge in [0.05, 0.1) is 31.1 Å². The number of aliphatic hydroxyl groups excluding tert-OH is 1. The van der Waals surface area contributed by atoms with Crippen molar-refractivity contribution in [3.63, 3.8) is 0 Å². The second kappa shape index (κ2) is 12.9. The summed E-state index contributed by atoms with van der Waals surface area (Å²) in [7, 11) is 0. The standard InChI is InChI=1S/C28H40N2O5/c1-4-7-11-17-29-26(32)25-21-16-15-20(12-5-2)23(28(34)35-6-3)24(21)27(33)30(25)22(18-31)19-13-9-8-10-14-19/h8-10,13-16,20-25,31H,4-7,11-12,17-18H2,1-3H3,(H,29,32)/t20-,21+,22-,23-,24-,25+/m1/s1. The number of hydrogen-bond acceptors (Lipinski definition) is 5. The van der Waals surface area contributed by atoms with Crippen molar-refractivity contribution in [2.24, 2.45) is 23.7 Å². The van der Waals surface area contributed by atoms with Crippen LogP contribution in [0.15, 0.2) is 42.5 Å². The molecule has 35 heavy (non-hydrogen) atoms. The molecule has 1 aliphatic carbocycles. The Morgan fingerprint density at radius 2 is 1.83 bits per heavy atom. The molecule has 1 aromatic rings. The highest BCUT2D eigenvalue weighted by molar-refractivity contribution is 5.96. The summed E-state index contributed by atoms with van der Waals surface area (Å²) in [5, 5.41) is 13.4. The molecule has 0 spiro atoms. The number of nitrogens with zero attached hydrogens (tertiary/aromatic N) is 1. The van der Waals surface area contributed by atoms with Crippen LogP contribution in [0.3, 0.4) is 0 Å².